The van der Waals surface area contributed by atoms with Crippen molar-refractivity contribution in [1.29, 1.82) is 0 Å². The van der Waals surface area contributed by atoms with Crippen molar-refractivity contribution < 1.29 is 8.78 Å². The molecule has 0 aliphatic rings. The van der Waals surface area contributed by atoms with Crippen molar-refractivity contribution in [3.05, 3.63) is 41.2 Å². The fourth-order valence-electron chi connectivity index (χ4n) is 1.92. The Morgan fingerprint density at radius 3 is 2.42 bits per heavy atom. The van der Waals surface area contributed by atoms with Crippen LogP contribution in [0.4, 0.5) is 8.78 Å². The maximum absolute atomic E-state index is 13.1. The summed E-state index contributed by atoms with van der Waals surface area (Å²) < 4.78 is 26.2. The molecule has 2 rings (SSSR count). The number of aryl methyl sites for hydroxylation is 1. The molecule has 0 amide bonds. The molecule has 0 saturated heterocycles. The number of hydrogen-bond acceptors (Lipinski definition) is 4. The van der Waals surface area contributed by atoms with Crippen LogP contribution >= 0.6 is 0 Å². The van der Waals surface area contributed by atoms with E-state index >= 15 is 0 Å². The molecule has 1 N–H and O–H groups in total. The first-order valence-electron chi connectivity index (χ1n) is 5.92. The average Bonchev–Trinajstić information content (AvgIpc) is 2.72. The summed E-state index contributed by atoms with van der Waals surface area (Å²) in [5.41, 5.74) is 0.598. The van der Waals surface area contributed by atoms with E-state index < -0.39 is 11.6 Å². The van der Waals surface area contributed by atoms with Gasteiger partial charge in [-0.3, -0.25) is 0 Å². The Balaban J connectivity index is 2.06. The van der Waals surface area contributed by atoms with Crippen LogP contribution in [0.15, 0.2) is 18.2 Å². The van der Waals surface area contributed by atoms with Crippen LogP contribution in [-0.4, -0.2) is 33.3 Å². The highest BCUT2D eigenvalue weighted by molar-refractivity contribution is 5.19. The summed E-state index contributed by atoms with van der Waals surface area (Å²) in [6.45, 7) is 0. The number of nitrogens with zero attached hydrogens (tertiary/aromatic N) is 4. The number of rotatable bonds is 5. The number of aromatic nitrogens is 4. The lowest BCUT2D eigenvalue weighted by Gasteiger charge is -2.14. The molecule has 1 heterocycles. The van der Waals surface area contributed by atoms with Gasteiger partial charge in [0, 0.05) is 18.5 Å². The second kappa shape index (κ2) is 5.83. The molecule has 0 spiro atoms. The predicted molar refractivity (Wildman–Crippen MR) is 65.4 cm³/mol. The third-order valence-corrected chi connectivity index (χ3v) is 2.79. The molecule has 2 aromatic rings. The molecule has 1 aromatic carbocycles. The Morgan fingerprint density at radius 2 is 1.89 bits per heavy atom. The zero-order valence-corrected chi connectivity index (χ0v) is 10.8. The van der Waals surface area contributed by atoms with Gasteiger partial charge in [0.25, 0.3) is 0 Å². The molecule has 1 aromatic heterocycles. The van der Waals surface area contributed by atoms with E-state index in [1.165, 1.54) is 16.9 Å². The molecule has 0 saturated carbocycles. The van der Waals surface area contributed by atoms with Gasteiger partial charge in [-0.1, -0.05) is 0 Å². The van der Waals surface area contributed by atoms with Crippen LogP contribution in [0.25, 0.3) is 0 Å². The zero-order chi connectivity index (χ0) is 13.8. The third kappa shape index (κ3) is 3.78. The summed E-state index contributed by atoms with van der Waals surface area (Å²) >= 11 is 0. The predicted octanol–water partition coefficient (Wildman–Crippen LogP) is 0.861. The lowest BCUT2D eigenvalue weighted by atomic mass is 10.0. The van der Waals surface area contributed by atoms with Gasteiger partial charge in [-0.25, -0.2) is 8.78 Å². The largest absolute Gasteiger partial charge is 0.316 e. The van der Waals surface area contributed by atoms with Gasteiger partial charge in [-0.15, -0.1) is 10.2 Å². The molecule has 0 fully saturated rings. The fourth-order valence-corrected chi connectivity index (χ4v) is 1.92. The molecular weight excluding hydrogens is 252 g/mol. The number of nitrogens with one attached hydrogen (secondary N) is 1. The van der Waals surface area contributed by atoms with Gasteiger partial charge in [-0.05, 0) is 36.4 Å². The van der Waals surface area contributed by atoms with E-state index in [1.54, 1.807) is 14.1 Å². The number of benzene rings is 1. The molecule has 7 heteroatoms. The van der Waals surface area contributed by atoms with Crippen molar-refractivity contribution in [2.45, 2.75) is 18.9 Å². The second-order valence-electron chi connectivity index (χ2n) is 4.37. The van der Waals surface area contributed by atoms with Gasteiger partial charge in [-0.2, -0.15) is 4.80 Å². The Bertz CT molecular complexity index is 535. The van der Waals surface area contributed by atoms with Gasteiger partial charge in [0.2, 0.25) is 0 Å². The van der Waals surface area contributed by atoms with Gasteiger partial charge >= 0.3 is 0 Å². The van der Waals surface area contributed by atoms with E-state index in [-0.39, 0.29) is 6.04 Å². The first-order valence-corrected chi connectivity index (χ1v) is 5.92. The number of tetrazole rings is 1. The minimum absolute atomic E-state index is 0.00889. The van der Waals surface area contributed by atoms with E-state index in [0.717, 1.165) is 6.07 Å². The molecule has 0 aliphatic heterocycles. The minimum atomic E-state index is -0.567. The van der Waals surface area contributed by atoms with Crippen molar-refractivity contribution >= 4 is 0 Å². The molecule has 19 heavy (non-hydrogen) atoms. The van der Waals surface area contributed by atoms with Gasteiger partial charge in [0.15, 0.2) is 5.82 Å². The average molecular weight is 267 g/mol. The van der Waals surface area contributed by atoms with Crippen molar-refractivity contribution in [1.82, 2.24) is 25.5 Å². The summed E-state index contributed by atoms with van der Waals surface area (Å²) in [5.74, 6) is -0.538. The smallest absolute Gasteiger partial charge is 0.176 e. The maximum Gasteiger partial charge on any atom is 0.176 e. The lowest BCUT2D eigenvalue weighted by molar-refractivity contribution is 0.531. The monoisotopic (exact) mass is 267 g/mol. The second-order valence-corrected chi connectivity index (χ2v) is 4.37. The van der Waals surface area contributed by atoms with Crippen LogP contribution in [0.3, 0.4) is 0 Å². The minimum Gasteiger partial charge on any atom is -0.316 e. The Labute approximate surface area is 109 Å². The van der Waals surface area contributed by atoms with E-state index in [1.807, 2.05) is 0 Å². The number of likely N-dealkylation sites (N-methyl/N-ethyl adjacent to an activating group) is 1. The first-order chi connectivity index (χ1) is 9.06. The van der Waals surface area contributed by atoms with Gasteiger partial charge < -0.3 is 5.32 Å². The lowest BCUT2D eigenvalue weighted by Crippen LogP contribution is -2.30. The summed E-state index contributed by atoms with van der Waals surface area (Å²) in [4.78, 5) is 1.38. The molecule has 1 unspecified atom stereocenters. The summed E-state index contributed by atoms with van der Waals surface area (Å²) in [7, 11) is 3.48. The van der Waals surface area contributed by atoms with Crippen molar-refractivity contribution in [3.8, 4) is 0 Å². The summed E-state index contributed by atoms with van der Waals surface area (Å²) in [6.07, 6.45) is 1.03. The molecule has 0 bridgehead atoms. The first kappa shape index (κ1) is 13.5. The van der Waals surface area contributed by atoms with Gasteiger partial charge in [0.05, 0.1) is 7.05 Å². The highest BCUT2D eigenvalue weighted by atomic mass is 19.1. The van der Waals surface area contributed by atoms with Crippen molar-refractivity contribution in [2.75, 3.05) is 7.05 Å². The van der Waals surface area contributed by atoms with Crippen molar-refractivity contribution in [3.63, 3.8) is 0 Å². The van der Waals surface area contributed by atoms with Crippen LogP contribution in [0.5, 0.6) is 0 Å². The van der Waals surface area contributed by atoms with E-state index in [4.69, 9.17) is 0 Å². The Morgan fingerprint density at radius 1 is 1.21 bits per heavy atom. The molecule has 1 atom stereocenters. The standard InChI is InChI=1S/C12H15F2N5/c1-15-11(7-12-16-18-19(2)17-12)5-8-3-9(13)6-10(14)4-8/h3-4,6,11,15H,5,7H2,1-2H3. The van der Waals surface area contributed by atoms with Crippen molar-refractivity contribution in [2.24, 2.45) is 7.05 Å². The quantitative estimate of drug-likeness (QED) is 0.873. The Hall–Kier alpha value is -1.89. The van der Waals surface area contributed by atoms with E-state index in [9.17, 15) is 8.78 Å². The van der Waals surface area contributed by atoms with Gasteiger partial charge in [0.1, 0.15) is 11.6 Å². The normalized spacial score (nSPS) is 12.6. The highest BCUT2D eigenvalue weighted by Crippen LogP contribution is 2.11. The third-order valence-electron chi connectivity index (χ3n) is 2.79. The topological polar surface area (TPSA) is 55.6 Å². The molecule has 102 valence electrons. The molecular formula is C12H15F2N5. The van der Waals surface area contributed by atoms with Crippen LogP contribution in [0, 0.1) is 11.6 Å². The summed E-state index contributed by atoms with van der Waals surface area (Å²) in [6, 6.07) is 3.52. The summed E-state index contributed by atoms with van der Waals surface area (Å²) in [5, 5.41) is 14.8. The fraction of sp³-hybridized carbons (Fsp3) is 0.417. The maximum atomic E-state index is 13.1. The molecule has 0 aliphatic carbocycles. The highest BCUT2D eigenvalue weighted by Gasteiger charge is 2.13. The molecule has 0 radical (unpaired) electrons. The van der Waals surface area contributed by atoms with Crippen LogP contribution in [0.2, 0.25) is 0 Å². The van der Waals surface area contributed by atoms with E-state index in [0.29, 0.717) is 24.2 Å². The van der Waals surface area contributed by atoms with E-state index in [2.05, 4.69) is 20.7 Å². The van der Waals surface area contributed by atoms with Crippen LogP contribution < -0.4 is 5.32 Å². The molecule has 5 nitrogen and oxygen atoms in total. The number of halogens is 2. The Kier molecular flexibility index (Phi) is 4.16. The van der Waals surface area contributed by atoms with Crippen LogP contribution in [-0.2, 0) is 19.9 Å². The number of hydrogen-bond donors (Lipinski definition) is 1. The zero-order valence-electron chi connectivity index (χ0n) is 10.8. The SMILES string of the molecule is CNC(Cc1cc(F)cc(F)c1)Cc1nnn(C)n1. The van der Waals surface area contributed by atoms with Crippen LogP contribution in [0.1, 0.15) is 11.4 Å².